The first-order chi connectivity index (χ1) is 8.29. The van der Waals surface area contributed by atoms with Gasteiger partial charge >= 0.3 is 0 Å². The van der Waals surface area contributed by atoms with E-state index in [1.54, 1.807) is 0 Å². The van der Waals surface area contributed by atoms with Crippen LogP contribution in [0.1, 0.15) is 37.4 Å². The largest absolute Gasteiger partial charge is 0.339 e. The van der Waals surface area contributed by atoms with Crippen LogP contribution in [0.25, 0.3) is 0 Å². The fraction of sp³-hybridized carbons (Fsp3) is 0.750. The standard InChI is InChI=1S/C12H18N4O/c1-9-15-12(17-16-9)6-7-14-11-5-3-2-4-10(11)8-13/h10-11,14H,2-7H2,1H3. The summed E-state index contributed by atoms with van der Waals surface area (Å²) >= 11 is 0. The minimum Gasteiger partial charge on any atom is -0.339 e. The third-order valence-corrected chi connectivity index (χ3v) is 3.25. The summed E-state index contributed by atoms with van der Waals surface area (Å²) in [5, 5.41) is 16.2. The van der Waals surface area contributed by atoms with Crippen LogP contribution < -0.4 is 5.32 Å². The summed E-state index contributed by atoms with van der Waals surface area (Å²) in [6, 6.07) is 2.72. The van der Waals surface area contributed by atoms with Crippen LogP contribution in [0, 0.1) is 24.2 Å². The molecule has 1 heterocycles. The molecule has 0 saturated heterocycles. The summed E-state index contributed by atoms with van der Waals surface area (Å²) in [4.78, 5) is 4.15. The lowest BCUT2D eigenvalue weighted by Crippen LogP contribution is -2.38. The summed E-state index contributed by atoms with van der Waals surface area (Å²) in [5.74, 6) is 1.50. The van der Waals surface area contributed by atoms with Crippen LogP contribution in [0.4, 0.5) is 0 Å². The fourth-order valence-corrected chi connectivity index (χ4v) is 2.34. The van der Waals surface area contributed by atoms with Gasteiger partial charge in [-0.2, -0.15) is 10.2 Å². The Morgan fingerprint density at radius 2 is 2.29 bits per heavy atom. The molecule has 0 aromatic carbocycles. The number of aromatic nitrogens is 2. The van der Waals surface area contributed by atoms with E-state index in [0.29, 0.717) is 17.8 Å². The topological polar surface area (TPSA) is 74.7 Å². The summed E-state index contributed by atoms with van der Waals surface area (Å²) < 4.78 is 5.04. The molecule has 1 aliphatic rings. The molecule has 17 heavy (non-hydrogen) atoms. The lowest BCUT2D eigenvalue weighted by molar-refractivity contribution is 0.307. The number of hydrogen-bond donors (Lipinski definition) is 1. The Morgan fingerprint density at radius 3 is 3.00 bits per heavy atom. The predicted octanol–water partition coefficient (Wildman–Crippen LogP) is 1.59. The summed E-state index contributed by atoms with van der Waals surface area (Å²) in [7, 11) is 0. The van der Waals surface area contributed by atoms with Crippen LogP contribution in [-0.2, 0) is 6.42 Å². The molecule has 2 unspecified atom stereocenters. The molecule has 1 fully saturated rings. The second kappa shape index (κ2) is 5.78. The van der Waals surface area contributed by atoms with Crippen molar-refractivity contribution in [2.24, 2.45) is 5.92 Å². The molecule has 92 valence electrons. The van der Waals surface area contributed by atoms with Crippen LogP contribution >= 0.6 is 0 Å². The zero-order valence-corrected chi connectivity index (χ0v) is 10.1. The van der Waals surface area contributed by atoms with Gasteiger partial charge in [0.1, 0.15) is 0 Å². The molecule has 5 heteroatoms. The smallest absolute Gasteiger partial charge is 0.227 e. The number of nitriles is 1. The quantitative estimate of drug-likeness (QED) is 0.856. The SMILES string of the molecule is Cc1noc(CCNC2CCCCC2C#N)n1. The maximum atomic E-state index is 9.05. The summed E-state index contributed by atoms with van der Waals surface area (Å²) in [6.45, 7) is 2.61. The molecular formula is C12H18N4O. The van der Waals surface area contributed by atoms with Gasteiger partial charge in [0.05, 0.1) is 12.0 Å². The molecule has 0 radical (unpaired) electrons. The average molecular weight is 234 g/mol. The average Bonchev–Trinajstić information content (AvgIpc) is 2.76. The zero-order chi connectivity index (χ0) is 12.1. The van der Waals surface area contributed by atoms with Gasteiger partial charge in [-0.3, -0.25) is 0 Å². The first kappa shape index (κ1) is 12.1. The lowest BCUT2D eigenvalue weighted by Gasteiger charge is -2.27. The minimum atomic E-state index is 0.160. The second-order valence-corrected chi connectivity index (χ2v) is 4.57. The van der Waals surface area contributed by atoms with E-state index in [-0.39, 0.29) is 5.92 Å². The van der Waals surface area contributed by atoms with Gasteiger partial charge in [0.25, 0.3) is 0 Å². The van der Waals surface area contributed by atoms with Crippen molar-refractivity contribution in [3.63, 3.8) is 0 Å². The van der Waals surface area contributed by atoms with Crippen LogP contribution in [0.2, 0.25) is 0 Å². The molecule has 0 aliphatic heterocycles. The van der Waals surface area contributed by atoms with Crippen molar-refractivity contribution in [1.82, 2.24) is 15.5 Å². The molecule has 0 amide bonds. The second-order valence-electron chi connectivity index (χ2n) is 4.57. The number of nitrogens with zero attached hydrogens (tertiary/aromatic N) is 3. The van der Waals surface area contributed by atoms with Crippen molar-refractivity contribution in [2.45, 2.75) is 45.1 Å². The number of aryl methyl sites for hydroxylation is 1. The Labute approximate surface area is 101 Å². The third kappa shape index (κ3) is 3.27. The summed E-state index contributed by atoms with van der Waals surface area (Å²) in [6.07, 6.45) is 5.25. The Morgan fingerprint density at radius 1 is 1.47 bits per heavy atom. The van der Waals surface area contributed by atoms with E-state index in [9.17, 15) is 0 Å². The Bertz CT molecular complexity index is 395. The van der Waals surface area contributed by atoms with Gasteiger partial charge in [-0.15, -0.1) is 0 Å². The molecule has 0 bridgehead atoms. The highest BCUT2D eigenvalue weighted by Gasteiger charge is 2.24. The number of hydrogen-bond acceptors (Lipinski definition) is 5. The van der Waals surface area contributed by atoms with Crippen LogP contribution in [0.5, 0.6) is 0 Å². The van der Waals surface area contributed by atoms with Crippen LogP contribution in [0.3, 0.4) is 0 Å². The molecule has 2 rings (SSSR count). The Hall–Kier alpha value is -1.41. The summed E-state index contributed by atoms with van der Waals surface area (Å²) in [5.41, 5.74) is 0. The van der Waals surface area contributed by atoms with E-state index in [1.165, 1.54) is 12.8 Å². The monoisotopic (exact) mass is 234 g/mol. The first-order valence-electron chi connectivity index (χ1n) is 6.22. The maximum Gasteiger partial charge on any atom is 0.227 e. The van der Waals surface area contributed by atoms with Crippen molar-refractivity contribution < 1.29 is 4.52 Å². The molecular weight excluding hydrogens is 216 g/mol. The van der Waals surface area contributed by atoms with Gasteiger partial charge in [0.2, 0.25) is 5.89 Å². The van der Waals surface area contributed by atoms with E-state index in [2.05, 4.69) is 21.5 Å². The molecule has 1 aliphatic carbocycles. The number of nitrogens with one attached hydrogen (secondary N) is 1. The van der Waals surface area contributed by atoms with Gasteiger partial charge in [-0.25, -0.2) is 0 Å². The van der Waals surface area contributed by atoms with Crippen molar-refractivity contribution in [3.8, 4) is 6.07 Å². The predicted molar refractivity (Wildman–Crippen MR) is 62.1 cm³/mol. The molecule has 0 spiro atoms. The highest BCUT2D eigenvalue weighted by molar-refractivity contribution is 4.95. The van der Waals surface area contributed by atoms with Crippen molar-refractivity contribution in [2.75, 3.05) is 6.54 Å². The van der Waals surface area contributed by atoms with Gasteiger partial charge in [0, 0.05) is 19.0 Å². The van der Waals surface area contributed by atoms with E-state index in [4.69, 9.17) is 9.78 Å². The van der Waals surface area contributed by atoms with Gasteiger partial charge in [0.15, 0.2) is 5.82 Å². The molecule has 1 N–H and O–H groups in total. The molecule has 2 atom stereocenters. The van der Waals surface area contributed by atoms with Crippen molar-refractivity contribution in [3.05, 3.63) is 11.7 Å². The van der Waals surface area contributed by atoms with Crippen molar-refractivity contribution >= 4 is 0 Å². The normalized spacial score (nSPS) is 24.5. The Balaban J connectivity index is 1.76. The molecule has 1 aromatic heterocycles. The van der Waals surface area contributed by atoms with E-state index >= 15 is 0 Å². The fourth-order valence-electron chi connectivity index (χ4n) is 2.34. The lowest BCUT2D eigenvalue weighted by atomic mass is 9.85. The van der Waals surface area contributed by atoms with Crippen molar-refractivity contribution in [1.29, 1.82) is 5.26 Å². The van der Waals surface area contributed by atoms with E-state index < -0.39 is 0 Å². The van der Waals surface area contributed by atoms with E-state index in [0.717, 1.165) is 25.8 Å². The third-order valence-electron chi connectivity index (χ3n) is 3.25. The molecule has 1 aromatic rings. The first-order valence-corrected chi connectivity index (χ1v) is 6.22. The molecule has 1 saturated carbocycles. The zero-order valence-electron chi connectivity index (χ0n) is 10.1. The highest BCUT2D eigenvalue weighted by atomic mass is 16.5. The number of rotatable bonds is 4. The minimum absolute atomic E-state index is 0.160. The van der Waals surface area contributed by atoms with Gasteiger partial charge in [-0.1, -0.05) is 18.0 Å². The molecule has 5 nitrogen and oxygen atoms in total. The Kier molecular flexibility index (Phi) is 4.10. The van der Waals surface area contributed by atoms with Gasteiger partial charge < -0.3 is 9.84 Å². The van der Waals surface area contributed by atoms with Crippen LogP contribution in [-0.4, -0.2) is 22.7 Å². The maximum absolute atomic E-state index is 9.05. The van der Waals surface area contributed by atoms with E-state index in [1.807, 2.05) is 6.92 Å². The van der Waals surface area contributed by atoms with Gasteiger partial charge in [-0.05, 0) is 19.8 Å². The van der Waals surface area contributed by atoms with Crippen LogP contribution in [0.15, 0.2) is 4.52 Å². The highest BCUT2D eigenvalue weighted by Crippen LogP contribution is 2.23.